The van der Waals surface area contributed by atoms with Crippen LogP contribution in [0, 0.1) is 11.6 Å². The number of benzene rings is 2. The van der Waals surface area contributed by atoms with Crippen LogP contribution in [0.5, 0.6) is 0 Å². The summed E-state index contributed by atoms with van der Waals surface area (Å²) in [6, 6.07) is 12.2. The highest BCUT2D eigenvalue weighted by molar-refractivity contribution is 5.95. The van der Waals surface area contributed by atoms with E-state index in [2.05, 4.69) is 11.8 Å². The van der Waals surface area contributed by atoms with E-state index in [-0.39, 0.29) is 17.4 Å². The Bertz CT molecular complexity index is 1030. The first-order chi connectivity index (χ1) is 14.5. The standard InChI is InChI=1S/C24H25F2N3O/c1-2-29-22-13-15-28(14-3-4-23(30)17-5-9-19(25)10-6-17)16-21(22)24(27-29)18-7-11-20(26)12-8-18/h5-12H,2-4,13-16H2,1H3. The molecule has 0 unspecified atom stereocenters. The van der Waals surface area contributed by atoms with Gasteiger partial charge in [0, 0.05) is 54.9 Å². The number of aromatic nitrogens is 2. The summed E-state index contributed by atoms with van der Waals surface area (Å²) in [5.41, 5.74) is 4.84. The van der Waals surface area contributed by atoms with Crippen molar-refractivity contribution in [1.82, 2.24) is 14.7 Å². The predicted molar refractivity (Wildman–Crippen MR) is 112 cm³/mol. The van der Waals surface area contributed by atoms with E-state index in [1.807, 2.05) is 4.68 Å². The normalized spacial score (nSPS) is 14.0. The summed E-state index contributed by atoms with van der Waals surface area (Å²) in [4.78, 5) is 14.7. The van der Waals surface area contributed by atoms with Gasteiger partial charge in [0.1, 0.15) is 11.6 Å². The molecule has 0 saturated carbocycles. The number of hydrogen-bond acceptors (Lipinski definition) is 3. The van der Waals surface area contributed by atoms with Gasteiger partial charge < -0.3 is 0 Å². The van der Waals surface area contributed by atoms with Crippen LogP contribution in [0.2, 0.25) is 0 Å². The maximum Gasteiger partial charge on any atom is 0.162 e. The smallest absolute Gasteiger partial charge is 0.162 e. The first-order valence-electron chi connectivity index (χ1n) is 10.4. The number of ketones is 1. The van der Waals surface area contributed by atoms with Crippen LogP contribution in [0.3, 0.4) is 0 Å². The summed E-state index contributed by atoms with van der Waals surface area (Å²) >= 11 is 0. The van der Waals surface area contributed by atoms with Crippen LogP contribution < -0.4 is 0 Å². The van der Waals surface area contributed by atoms with Crippen LogP contribution in [0.25, 0.3) is 11.3 Å². The van der Waals surface area contributed by atoms with Crippen LogP contribution in [-0.4, -0.2) is 33.6 Å². The molecule has 1 aliphatic heterocycles. The van der Waals surface area contributed by atoms with Crippen molar-refractivity contribution >= 4 is 5.78 Å². The molecule has 4 rings (SSSR count). The fourth-order valence-electron chi connectivity index (χ4n) is 4.08. The molecule has 0 aliphatic carbocycles. The summed E-state index contributed by atoms with van der Waals surface area (Å²) in [6.45, 7) is 5.39. The Labute approximate surface area is 175 Å². The summed E-state index contributed by atoms with van der Waals surface area (Å²) in [6.07, 6.45) is 2.09. The molecule has 0 N–H and O–H groups in total. The van der Waals surface area contributed by atoms with Gasteiger partial charge >= 0.3 is 0 Å². The van der Waals surface area contributed by atoms with E-state index in [4.69, 9.17) is 5.10 Å². The number of aryl methyl sites for hydroxylation is 1. The minimum Gasteiger partial charge on any atom is -0.299 e. The molecule has 3 aromatic rings. The van der Waals surface area contributed by atoms with Gasteiger partial charge in [-0.3, -0.25) is 14.4 Å². The lowest BCUT2D eigenvalue weighted by Crippen LogP contribution is -2.32. The van der Waals surface area contributed by atoms with Gasteiger partial charge in [-0.05, 0) is 68.4 Å². The number of fused-ring (bicyclic) bond motifs is 1. The number of nitrogens with zero attached hydrogens (tertiary/aromatic N) is 3. The van der Waals surface area contributed by atoms with Crippen molar-refractivity contribution < 1.29 is 13.6 Å². The third kappa shape index (κ3) is 4.33. The molecule has 1 aliphatic rings. The Balaban J connectivity index is 1.42. The van der Waals surface area contributed by atoms with Crippen LogP contribution in [-0.2, 0) is 19.5 Å². The maximum absolute atomic E-state index is 13.3. The van der Waals surface area contributed by atoms with E-state index in [0.717, 1.165) is 50.3 Å². The Morgan fingerprint density at radius 3 is 2.37 bits per heavy atom. The highest BCUT2D eigenvalue weighted by Crippen LogP contribution is 2.30. The molecule has 30 heavy (non-hydrogen) atoms. The molecule has 0 saturated heterocycles. The van der Waals surface area contributed by atoms with Gasteiger partial charge in [0.05, 0.1) is 5.69 Å². The van der Waals surface area contributed by atoms with E-state index in [0.29, 0.717) is 12.0 Å². The van der Waals surface area contributed by atoms with Gasteiger partial charge in [0.15, 0.2) is 5.78 Å². The Morgan fingerprint density at radius 2 is 1.70 bits per heavy atom. The molecule has 156 valence electrons. The SMILES string of the molecule is CCn1nc(-c2ccc(F)cc2)c2c1CCN(CCCC(=O)c1ccc(F)cc1)C2. The van der Waals surface area contributed by atoms with Crippen LogP contribution in [0.1, 0.15) is 41.4 Å². The fraction of sp³-hybridized carbons (Fsp3) is 0.333. The lowest BCUT2D eigenvalue weighted by Gasteiger charge is -2.27. The van der Waals surface area contributed by atoms with Gasteiger partial charge in [-0.25, -0.2) is 8.78 Å². The van der Waals surface area contributed by atoms with Crippen molar-refractivity contribution in [3.8, 4) is 11.3 Å². The average Bonchev–Trinajstić information content (AvgIpc) is 3.13. The molecule has 0 amide bonds. The molecule has 4 nitrogen and oxygen atoms in total. The number of carbonyl (C=O) groups excluding carboxylic acids is 1. The maximum atomic E-state index is 13.3. The van der Waals surface area contributed by atoms with Gasteiger partial charge in [-0.1, -0.05) is 0 Å². The molecule has 0 fully saturated rings. The largest absolute Gasteiger partial charge is 0.299 e. The second kappa shape index (κ2) is 8.88. The van der Waals surface area contributed by atoms with Gasteiger partial charge in [-0.2, -0.15) is 5.10 Å². The lowest BCUT2D eigenvalue weighted by atomic mass is 10.00. The third-order valence-corrected chi connectivity index (χ3v) is 5.67. The van der Waals surface area contributed by atoms with Gasteiger partial charge in [-0.15, -0.1) is 0 Å². The molecule has 2 heterocycles. The number of carbonyl (C=O) groups is 1. The summed E-state index contributed by atoms with van der Waals surface area (Å²) in [5.74, 6) is -0.547. The minimum atomic E-state index is -0.333. The van der Waals surface area contributed by atoms with Crippen molar-refractivity contribution in [2.24, 2.45) is 0 Å². The quantitative estimate of drug-likeness (QED) is 0.523. The number of halogens is 2. The fourth-order valence-corrected chi connectivity index (χ4v) is 4.08. The number of Topliss-reactive ketones (excluding diaryl/α,β-unsaturated/α-hetero) is 1. The van der Waals surface area contributed by atoms with E-state index >= 15 is 0 Å². The number of rotatable bonds is 7. The van der Waals surface area contributed by atoms with Gasteiger partial charge in [0.2, 0.25) is 0 Å². The Kier molecular flexibility index (Phi) is 6.04. The summed E-state index contributed by atoms with van der Waals surface area (Å²) in [5, 5.41) is 4.78. The second-order valence-electron chi connectivity index (χ2n) is 7.66. The number of hydrogen-bond donors (Lipinski definition) is 0. The van der Waals surface area contributed by atoms with Crippen LogP contribution in [0.4, 0.5) is 8.78 Å². The zero-order valence-electron chi connectivity index (χ0n) is 17.1. The lowest BCUT2D eigenvalue weighted by molar-refractivity contribution is 0.0973. The first kappa shape index (κ1) is 20.4. The highest BCUT2D eigenvalue weighted by Gasteiger charge is 2.25. The molecule has 0 radical (unpaired) electrons. The molecule has 2 aromatic carbocycles. The first-order valence-corrected chi connectivity index (χ1v) is 10.4. The zero-order valence-corrected chi connectivity index (χ0v) is 17.1. The third-order valence-electron chi connectivity index (χ3n) is 5.67. The van der Waals surface area contributed by atoms with Crippen LogP contribution >= 0.6 is 0 Å². The Hall–Kier alpha value is -2.86. The topological polar surface area (TPSA) is 38.1 Å². The van der Waals surface area contributed by atoms with E-state index < -0.39 is 0 Å². The molecule has 1 aromatic heterocycles. The molecular formula is C24H25F2N3O. The van der Waals surface area contributed by atoms with Crippen molar-refractivity contribution in [2.75, 3.05) is 13.1 Å². The van der Waals surface area contributed by atoms with E-state index in [1.54, 1.807) is 24.3 Å². The molecule has 0 spiro atoms. The zero-order chi connectivity index (χ0) is 21.1. The van der Waals surface area contributed by atoms with Crippen molar-refractivity contribution in [2.45, 2.75) is 39.3 Å². The highest BCUT2D eigenvalue weighted by atomic mass is 19.1. The van der Waals surface area contributed by atoms with Crippen molar-refractivity contribution in [1.29, 1.82) is 0 Å². The summed E-state index contributed by atoms with van der Waals surface area (Å²) in [7, 11) is 0. The van der Waals surface area contributed by atoms with E-state index in [9.17, 15) is 13.6 Å². The van der Waals surface area contributed by atoms with Crippen molar-refractivity contribution in [3.63, 3.8) is 0 Å². The summed E-state index contributed by atoms with van der Waals surface area (Å²) < 4.78 is 28.4. The van der Waals surface area contributed by atoms with Crippen LogP contribution in [0.15, 0.2) is 48.5 Å². The monoisotopic (exact) mass is 409 g/mol. The minimum absolute atomic E-state index is 0.0403. The molecule has 0 bridgehead atoms. The molecule has 0 atom stereocenters. The Morgan fingerprint density at radius 1 is 1.03 bits per heavy atom. The molecule has 6 heteroatoms. The van der Waals surface area contributed by atoms with E-state index in [1.165, 1.54) is 35.5 Å². The molecular weight excluding hydrogens is 384 g/mol. The average molecular weight is 409 g/mol. The van der Waals surface area contributed by atoms with Crippen molar-refractivity contribution in [3.05, 3.63) is 77.0 Å². The second-order valence-corrected chi connectivity index (χ2v) is 7.66. The predicted octanol–water partition coefficient (Wildman–Crippen LogP) is 4.87. The van der Waals surface area contributed by atoms with Gasteiger partial charge in [0.25, 0.3) is 0 Å².